The molecule has 17 heavy (non-hydrogen) atoms. The normalized spacial score (nSPS) is 20.6. The van der Waals surface area contributed by atoms with Gasteiger partial charge in [-0.1, -0.05) is 39.0 Å². The van der Waals surface area contributed by atoms with E-state index in [2.05, 4.69) is 12.2 Å². The minimum Gasteiger partial charge on any atom is -0.343 e. The molecular formula is C13H24N2O2. The van der Waals surface area contributed by atoms with Crippen LogP contribution in [0.2, 0.25) is 0 Å². The molecule has 0 radical (unpaired) electrons. The molecule has 1 aliphatic rings. The highest BCUT2D eigenvalue weighted by Gasteiger charge is 2.28. The Morgan fingerprint density at radius 2 is 1.82 bits per heavy atom. The van der Waals surface area contributed by atoms with Crippen LogP contribution in [0.3, 0.4) is 0 Å². The number of carbonyl (C=O) groups is 2. The Labute approximate surface area is 104 Å². The second-order valence-corrected chi connectivity index (χ2v) is 4.82. The summed E-state index contributed by atoms with van der Waals surface area (Å²) in [6, 6.07) is -0.351. The number of piperazine rings is 1. The van der Waals surface area contributed by atoms with Gasteiger partial charge in [-0.25, -0.2) is 0 Å². The topological polar surface area (TPSA) is 49.4 Å². The predicted molar refractivity (Wildman–Crippen MR) is 67.6 cm³/mol. The van der Waals surface area contributed by atoms with Crippen molar-refractivity contribution < 1.29 is 9.59 Å². The van der Waals surface area contributed by atoms with Crippen molar-refractivity contribution in [3.05, 3.63) is 0 Å². The fraction of sp³-hybridized carbons (Fsp3) is 0.846. The lowest BCUT2D eigenvalue weighted by Gasteiger charge is -2.30. The highest BCUT2D eigenvalue weighted by molar-refractivity contribution is 5.94. The monoisotopic (exact) mass is 240 g/mol. The molecule has 0 aliphatic carbocycles. The fourth-order valence-electron chi connectivity index (χ4n) is 2.15. The Morgan fingerprint density at radius 3 is 2.53 bits per heavy atom. The molecule has 1 rings (SSSR count). The van der Waals surface area contributed by atoms with Gasteiger partial charge in [-0.05, 0) is 13.3 Å². The van der Waals surface area contributed by atoms with E-state index in [-0.39, 0.29) is 24.4 Å². The van der Waals surface area contributed by atoms with E-state index < -0.39 is 0 Å². The molecule has 1 saturated heterocycles. The van der Waals surface area contributed by atoms with Gasteiger partial charge in [-0.2, -0.15) is 0 Å². The number of nitrogens with zero attached hydrogens (tertiary/aromatic N) is 1. The minimum atomic E-state index is -0.351. The number of unbranched alkanes of at least 4 members (excludes halogenated alkanes) is 5. The van der Waals surface area contributed by atoms with Crippen LogP contribution in [0, 0.1) is 0 Å². The zero-order valence-electron chi connectivity index (χ0n) is 11.0. The van der Waals surface area contributed by atoms with Gasteiger partial charge in [-0.15, -0.1) is 0 Å². The first-order chi connectivity index (χ1) is 8.15. The maximum atomic E-state index is 11.7. The maximum Gasteiger partial charge on any atom is 0.245 e. The Morgan fingerprint density at radius 1 is 1.18 bits per heavy atom. The summed E-state index contributed by atoms with van der Waals surface area (Å²) < 4.78 is 0. The van der Waals surface area contributed by atoms with Gasteiger partial charge in [0.15, 0.2) is 0 Å². The van der Waals surface area contributed by atoms with Gasteiger partial charge in [0.2, 0.25) is 11.8 Å². The van der Waals surface area contributed by atoms with E-state index >= 15 is 0 Å². The van der Waals surface area contributed by atoms with Crippen molar-refractivity contribution in [2.75, 3.05) is 13.1 Å². The average molecular weight is 240 g/mol. The van der Waals surface area contributed by atoms with E-state index in [0.29, 0.717) is 0 Å². The zero-order valence-corrected chi connectivity index (χ0v) is 11.0. The smallest absolute Gasteiger partial charge is 0.245 e. The van der Waals surface area contributed by atoms with Crippen molar-refractivity contribution in [1.29, 1.82) is 0 Å². The first-order valence-electron chi connectivity index (χ1n) is 6.73. The van der Waals surface area contributed by atoms with Gasteiger partial charge in [0.25, 0.3) is 0 Å². The van der Waals surface area contributed by atoms with Crippen LogP contribution in [-0.4, -0.2) is 35.8 Å². The van der Waals surface area contributed by atoms with E-state index in [0.717, 1.165) is 19.4 Å². The lowest BCUT2D eigenvalue weighted by molar-refractivity contribution is -0.143. The van der Waals surface area contributed by atoms with Gasteiger partial charge < -0.3 is 10.2 Å². The number of carbonyl (C=O) groups excluding carboxylic acids is 2. The SMILES string of the molecule is CCCCCCCCN1CC(=O)NC(C)C1=O. The lowest BCUT2D eigenvalue weighted by atomic mass is 10.1. The van der Waals surface area contributed by atoms with Crippen LogP contribution in [0.4, 0.5) is 0 Å². The number of rotatable bonds is 7. The van der Waals surface area contributed by atoms with Crippen molar-refractivity contribution >= 4 is 11.8 Å². The third kappa shape index (κ3) is 4.75. The van der Waals surface area contributed by atoms with E-state index in [1.54, 1.807) is 11.8 Å². The third-order valence-corrected chi connectivity index (χ3v) is 3.18. The van der Waals surface area contributed by atoms with E-state index in [9.17, 15) is 9.59 Å². The molecule has 0 aromatic heterocycles. The molecule has 1 atom stereocenters. The van der Waals surface area contributed by atoms with Crippen molar-refractivity contribution in [3.63, 3.8) is 0 Å². The molecule has 0 bridgehead atoms. The largest absolute Gasteiger partial charge is 0.343 e. The molecule has 0 aromatic rings. The van der Waals surface area contributed by atoms with Gasteiger partial charge in [0.1, 0.15) is 6.04 Å². The highest BCUT2D eigenvalue weighted by atomic mass is 16.2. The molecular weight excluding hydrogens is 216 g/mol. The molecule has 98 valence electrons. The molecule has 4 heteroatoms. The molecule has 1 fully saturated rings. The number of hydrogen-bond acceptors (Lipinski definition) is 2. The van der Waals surface area contributed by atoms with Crippen LogP contribution in [0.25, 0.3) is 0 Å². The highest BCUT2D eigenvalue weighted by Crippen LogP contribution is 2.08. The molecule has 0 saturated carbocycles. The standard InChI is InChI=1S/C13H24N2O2/c1-3-4-5-6-7-8-9-15-10-12(16)14-11(2)13(15)17/h11H,3-10H2,1-2H3,(H,14,16). The molecule has 0 aromatic carbocycles. The Kier molecular flexibility index (Phi) is 6.01. The molecule has 1 N–H and O–H groups in total. The molecule has 1 aliphatic heterocycles. The maximum absolute atomic E-state index is 11.7. The van der Waals surface area contributed by atoms with Crippen LogP contribution < -0.4 is 5.32 Å². The minimum absolute atomic E-state index is 0.0388. The van der Waals surface area contributed by atoms with Gasteiger partial charge in [0, 0.05) is 6.54 Å². The van der Waals surface area contributed by atoms with Crippen LogP contribution in [0.5, 0.6) is 0 Å². The molecule has 2 amide bonds. The van der Waals surface area contributed by atoms with Gasteiger partial charge in [0.05, 0.1) is 6.54 Å². The van der Waals surface area contributed by atoms with Crippen LogP contribution in [0.1, 0.15) is 52.4 Å². The summed E-state index contributed by atoms with van der Waals surface area (Å²) in [4.78, 5) is 24.7. The van der Waals surface area contributed by atoms with E-state index in [4.69, 9.17) is 0 Å². The van der Waals surface area contributed by atoms with Crippen molar-refractivity contribution in [2.45, 2.75) is 58.4 Å². The summed E-state index contributed by atoms with van der Waals surface area (Å²) in [5.74, 6) is 0.0150. The number of hydrogen-bond donors (Lipinski definition) is 1. The molecule has 1 heterocycles. The lowest BCUT2D eigenvalue weighted by Crippen LogP contribution is -2.56. The van der Waals surface area contributed by atoms with Gasteiger partial charge >= 0.3 is 0 Å². The van der Waals surface area contributed by atoms with E-state index in [1.165, 1.54) is 25.7 Å². The summed E-state index contributed by atoms with van der Waals surface area (Å²) in [5.41, 5.74) is 0. The van der Waals surface area contributed by atoms with Gasteiger partial charge in [-0.3, -0.25) is 9.59 Å². The van der Waals surface area contributed by atoms with Crippen molar-refractivity contribution in [1.82, 2.24) is 10.2 Å². The summed E-state index contributed by atoms with van der Waals surface area (Å²) >= 11 is 0. The second kappa shape index (κ2) is 7.30. The molecule has 4 nitrogen and oxygen atoms in total. The third-order valence-electron chi connectivity index (χ3n) is 3.18. The fourth-order valence-corrected chi connectivity index (χ4v) is 2.15. The Hall–Kier alpha value is -1.06. The molecule has 1 unspecified atom stereocenters. The Balaban J connectivity index is 2.17. The molecule has 0 spiro atoms. The quantitative estimate of drug-likeness (QED) is 0.688. The summed E-state index contributed by atoms with van der Waals surface area (Å²) in [6.45, 7) is 4.90. The average Bonchev–Trinajstić information content (AvgIpc) is 2.29. The Bertz CT molecular complexity index is 266. The first kappa shape index (κ1) is 14.0. The first-order valence-corrected chi connectivity index (χ1v) is 6.73. The summed E-state index contributed by atoms with van der Waals surface area (Å²) in [7, 11) is 0. The van der Waals surface area contributed by atoms with Crippen LogP contribution >= 0.6 is 0 Å². The van der Waals surface area contributed by atoms with Crippen LogP contribution in [0.15, 0.2) is 0 Å². The van der Waals surface area contributed by atoms with Crippen LogP contribution in [-0.2, 0) is 9.59 Å². The second-order valence-electron chi connectivity index (χ2n) is 4.82. The van der Waals surface area contributed by atoms with Crippen molar-refractivity contribution in [2.24, 2.45) is 0 Å². The number of amides is 2. The van der Waals surface area contributed by atoms with E-state index in [1.807, 2.05) is 0 Å². The summed E-state index contributed by atoms with van der Waals surface area (Å²) in [6.07, 6.45) is 7.22. The summed E-state index contributed by atoms with van der Waals surface area (Å²) in [5, 5.41) is 2.65. The predicted octanol–water partition coefficient (Wildman–Crippen LogP) is 1.69. The number of nitrogens with one attached hydrogen (secondary N) is 1. The zero-order chi connectivity index (χ0) is 12.7. The van der Waals surface area contributed by atoms with Crippen molar-refractivity contribution in [3.8, 4) is 0 Å².